The Labute approximate surface area is 348 Å². The van der Waals surface area contributed by atoms with E-state index in [-0.39, 0.29) is 43.5 Å². The van der Waals surface area contributed by atoms with Crippen LogP contribution in [0.4, 0.5) is 0 Å². The summed E-state index contributed by atoms with van der Waals surface area (Å²) >= 11 is 12.8. The highest BCUT2D eigenvalue weighted by atomic mass is 35.5. The van der Waals surface area contributed by atoms with Gasteiger partial charge in [0.1, 0.15) is 30.2 Å². The number of hydrogen-bond donors (Lipinski definition) is 2. The average molecular weight is 837 g/mol. The van der Waals surface area contributed by atoms with Crippen LogP contribution in [-0.4, -0.2) is 144 Å². The van der Waals surface area contributed by atoms with Gasteiger partial charge in [-0.1, -0.05) is 57.8 Å². The van der Waals surface area contributed by atoms with E-state index in [0.717, 1.165) is 0 Å². The highest BCUT2D eigenvalue weighted by Crippen LogP contribution is 2.29. The summed E-state index contributed by atoms with van der Waals surface area (Å²) in [7, 11) is 6.11. The van der Waals surface area contributed by atoms with Crippen LogP contribution >= 0.6 is 23.2 Å². The number of nitrogens with one attached hydrogen (secondary N) is 2. The number of benzene rings is 1. The molecule has 0 aromatic heterocycles. The molecular weight excluding hydrogens is 773 g/mol. The minimum absolute atomic E-state index is 0.0101. The molecule has 7 amide bonds. The first-order valence-corrected chi connectivity index (χ1v) is 20.7. The zero-order valence-corrected chi connectivity index (χ0v) is 36.8. The number of nitrogens with zero attached hydrogens (tertiary/aromatic N) is 5. The van der Waals surface area contributed by atoms with Gasteiger partial charge < -0.3 is 35.1 Å². The van der Waals surface area contributed by atoms with Crippen LogP contribution in [0.2, 0.25) is 10.0 Å². The van der Waals surface area contributed by atoms with Crippen molar-refractivity contribution in [3.05, 3.63) is 33.8 Å². The average Bonchev–Trinajstić information content (AvgIpc) is 3.65. The van der Waals surface area contributed by atoms with E-state index in [1.807, 2.05) is 34.6 Å². The van der Waals surface area contributed by atoms with E-state index in [0.29, 0.717) is 60.8 Å². The predicted octanol–water partition coefficient (Wildman–Crippen LogP) is 3.75. The third-order valence-electron chi connectivity index (χ3n) is 11.4. The Morgan fingerprint density at radius 1 is 0.947 bits per heavy atom. The van der Waals surface area contributed by atoms with Gasteiger partial charge in [-0.05, 0) is 81.5 Å². The minimum atomic E-state index is -1.11. The molecule has 14 nitrogen and oxygen atoms in total. The van der Waals surface area contributed by atoms with Crippen molar-refractivity contribution in [1.29, 1.82) is 0 Å². The summed E-state index contributed by atoms with van der Waals surface area (Å²) in [6, 6.07) is -0.115. The molecule has 2 saturated heterocycles. The molecule has 16 heteroatoms. The normalized spacial score (nSPS) is 22.8. The summed E-state index contributed by atoms with van der Waals surface area (Å²) in [5.74, 6) is -3.03. The molecule has 5 atom stereocenters. The Hall–Kier alpha value is -3.91. The molecule has 1 aromatic rings. The van der Waals surface area contributed by atoms with Gasteiger partial charge >= 0.3 is 0 Å². The molecule has 0 unspecified atom stereocenters. The summed E-state index contributed by atoms with van der Waals surface area (Å²) in [4.78, 5) is 104. The number of halogens is 2. The molecule has 0 saturated carbocycles. The van der Waals surface area contributed by atoms with Crippen molar-refractivity contribution in [3.8, 4) is 0 Å². The number of carbonyl (C=O) groups excluding carboxylic acids is 7. The summed E-state index contributed by atoms with van der Waals surface area (Å²) < 4.78 is 0. The lowest BCUT2D eigenvalue weighted by Crippen LogP contribution is -2.59. The predicted molar refractivity (Wildman–Crippen MR) is 220 cm³/mol. The van der Waals surface area contributed by atoms with Crippen molar-refractivity contribution in [3.63, 3.8) is 0 Å². The zero-order chi connectivity index (χ0) is 42.9. The van der Waals surface area contributed by atoms with Gasteiger partial charge in [0.15, 0.2) is 0 Å². The molecule has 318 valence electrons. The summed E-state index contributed by atoms with van der Waals surface area (Å²) in [5.41, 5.74) is -0.110. The van der Waals surface area contributed by atoms with E-state index in [4.69, 9.17) is 23.2 Å². The zero-order valence-electron chi connectivity index (χ0n) is 35.3. The van der Waals surface area contributed by atoms with Gasteiger partial charge in [0.2, 0.25) is 41.4 Å². The van der Waals surface area contributed by atoms with Crippen molar-refractivity contribution in [2.24, 2.45) is 11.3 Å². The van der Waals surface area contributed by atoms with E-state index < -0.39 is 65.2 Å². The summed E-state index contributed by atoms with van der Waals surface area (Å²) in [5, 5.41) is 6.45. The van der Waals surface area contributed by atoms with Gasteiger partial charge in [-0.15, -0.1) is 0 Å². The van der Waals surface area contributed by atoms with Crippen LogP contribution in [0.5, 0.6) is 0 Å². The van der Waals surface area contributed by atoms with Crippen LogP contribution in [-0.2, 0) is 40.0 Å². The minimum Gasteiger partial charge on any atom is -0.344 e. The van der Waals surface area contributed by atoms with Gasteiger partial charge in [0, 0.05) is 63.2 Å². The quantitative estimate of drug-likeness (QED) is 0.363. The SMILES string of the molecule is CCC(C)(C)C(=O)N1CCC[C@H]1C(=O)N[C@@H](C)C(=O)N(C)[C@H]1CCCCN(C)C(=O)CN(C)C(=O)[C@H](Cc2cc(Cl)ccc2Cl)N(C)C(=O)[C@H](CC(C)C)NC1=O. The van der Waals surface area contributed by atoms with Crippen LogP contribution in [0.3, 0.4) is 0 Å². The van der Waals surface area contributed by atoms with Crippen molar-refractivity contribution in [2.75, 3.05) is 47.8 Å². The highest BCUT2D eigenvalue weighted by Gasteiger charge is 2.42. The molecule has 0 aliphatic carbocycles. The highest BCUT2D eigenvalue weighted by molar-refractivity contribution is 6.33. The number of rotatable bonds is 10. The number of carbonyl (C=O) groups is 7. The third-order valence-corrected chi connectivity index (χ3v) is 12.0. The van der Waals surface area contributed by atoms with Crippen molar-refractivity contribution in [2.45, 2.75) is 123 Å². The molecule has 1 aromatic carbocycles. The second-order valence-electron chi connectivity index (χ2n) is 16.7. The standard InChI is InChI=1S/C41H63Cl2N7O7/c1-11-41(5,6)40(57)50-20-14-16-32(50)36(53)44-26(4)37(54)48(9)31-15-12-13-19-46(7)34(51)24-47(8)39(56)33(23-27-22-28(42)17-18-29(27)43)49(10)38(55)30(21-25(2)3)45-35(31)52/h17-18,22,25-26,30-33H,11-16,19-21,23-24H2,1-10H3,(H,44,53)(H,45,52)/t26-,30-,31-,32-,33-/m0/s1. The molecule has 2 N–H and O–H groups in total. The lowest BCUT2D eigenvalue weighted by atomic mass is 9.88. The number of hydrogen-bond acceptors (Lipinski definition) is 7. The van der Waals surface area contributed by atoms with Gasteiger partial charge in [-0.25, -0.2) is 0 Å². The topological polar surface area (TPSA) is 160 Å². The van der Waals surface area contributed by atoms with E-state index in [9.17, 15) is 33.6 Å². The molecule has 0 radical (unpaired) electrons. The maximum Gasteiger partial charge on any atom is 0.245 e. The smallest absolute Gasteiger partial charge is 0.245 e. The van der Waals surface area contributed by atoms with Gasteiger partial charge in [0.25, 0.3) is 0 Å². The number of likely N-dealkylation sites (N-methyl/N-ethyl adjacent to an activating group) is 4. The Kier molecular flexibility index (Phi) is 17.2. The fraction of sp³-hybridized carbons (Fsp3) is 0.683. The van der Waals surface area contributed by atoms with E-state index in [1.54, 1.807) is 37.1 Å². The fourth-order valence-electron chi connectivity index (χ4n) is 7.28. The lowest BCUT2D eigenvalue weighted by molar-refractivity contribution is -0.148. The molecule has 2 heterocycles. The number of amides is 7. The monoisotopic (exact) mass is 835 g/mol. The van der Waals surface area contributed by atoms with Crippen LogP contribution in [0, 0.1) is 11.3 Å². The van der Waals surface area contributed by atoms with Gasteiger partial charge in [-0.3, -0.25) is 33.6 Å². The first kappa shape index (κ1) is 47.5. The van der Waals surface area contributed by atoms with Crippen molar-refractivity contribution >= 4 is 64.6 Å². The maximum atomic E-state index is 14.4. The first-order chi connectivity index (χ1) is 26.6. The van der Waals surface area contributed by atoms with Crippen LogP contribution in [0.25, 0.3) is 0 Å². The van der Waals surface area contributed by atoms with E-state index >= 15 is 0 Å². The van der Waals surface area contributed by atoms with Gasteiger partial charge in [0.05, 0.1) is 6.54 Å². The molecule has 0 bridgehead atoms. The lowest BCUT2D eigenvalue weighted by Gasteiger charge is -2.36. The molecular formula is C41H63Cl2N7O7. The summed E-state index contributed by atoms with van der Waals surface area (Å²) in [6.45, 7) is 11.5. The Morgan fingerprint density at radius 2 is 1.61 bits per heavy atom. The molecule has 2 aliphatic rings. The largest absolute Gasteiger partial charge is 0.344 e. The van der Waals surface area contributed by atoms with E-state index in [2.05, 4.69) is 10.6 Å². The van der Waals surface area contributed by atoms with Crippen molar-refractivity contribution < 1.29 is 33.6 Å². The fourth-order valence-corrected chi connectivity index (χ4v) is 7.67. The van der Waals surface area contributed by atoms with E-state index in [1.165, 1.54) is 40.7 Å². The molecule has 2 fully saturated rings. The molecule has 3 rings (SSSR count). The summed E-state index contributed by atoms with van der Waals surface area (Å²) in [6.07, 6.45) is 3.12. The molecule has 0 spiro atoms. The van der Waals surface area contributed by atoms with Crippen molar-refractivity contribution in [1.82, 2.24) is 35.1 Å². The van der Waals surface area contributed by atoms with Gasteiger partial charge in [-0.2, -0.15) is 0 Å². The van der Waals surface area contributed by atoms with Crippen LogP contribution < -0.4 is 10.6 Å². The maximum absolute atomic E-state index is 14.4. The van der Waals surface area contributed by atoms with Crippen LogP contribution in [0.15, 0.2) is 18.2 Å². The molecule has 57 heavy (non-hydrogen) atoms. The Bertz CT molecular complexity index is 1660. The first-order valence-electron chi connectivity index (χ1n) is 20.0. The third kappa shape index (κ3) is 12.3. The number of likely N-dealkylation sites (tertiary alicyclic amines) is 1. The second kappa shape index (κ2) is 20.7. The van der Waals surface area contributed by atoms with Crippen LogP contribution in [0.1, 0.15) is 92.1 Å². The second-order valence-corrected chi connectivity index (χ2v) is 17.5. The Balaban J connectivity index is 1.94. The Morgan fingerprint density at radius 3 is 2.25 bits per heavy atom. The molecule has 2 aliphatic heterocycles.